The number of hydrogen-bond donors (Lipinski definition) is 5. The number of ketones is 1. The van der Waals surface area contributed by atoms with Gasteiger partial charge in [-0.1, -0.05) is 98.1 Å². The molecule has 0 atom stereocenters. The lowest BCUT2D eigenvalue weighted by Crippen LogP contribution is -2.36. The van der Waals surface area contributed by atoms with Gasteiger partial charge in [0.05, 0.1) is 6.07 Å². The third-order valence-electron chi connectivity index (χ3n) is 14.4. The van der Waals surface area contributed by atoms with Gasteiger partial charge in [-0.15, -0.1) is 12.4 Å². The second kappa shape index (κ2) is 26.0. The van der Waals surface area contributed by atoms with Gasteiger partial charge in [-0.25, -0.2) is 4.58 Å². The van der Waals surface area contributed by atoms with Crippen molar-refractivity contribution in [2.75, 3.05) is 52.7 Å². The van der Waals surface area contributed by atoms with Gasteiger partial charge >= 0.3 is 14.2 Å². The molecule has 1 aliphatic carbocycles. The summed E-state index contributed by atoms with van der Waals surface area (Å²) in [5.74, 6) is 0.610. The fourth-order valence-corrected chi connectivity index (χ4v) is 10.3. The Morgan fingerprint density at radius 2 is 1.18 bits per heavy atom. The van der Waals surface area contributed by atoms with E-state index in [1.807, 2.05) is 58.5 Å². The Balaban J connectivity index is 0.00000861. The molecule has 0 saturated heterocycles. The first-order valence-electron chi connectivity index (χ1n) is 26.1. The number of unbranched alkanes of at least 4 members (excludes halogenated alkanes) is 1. The first kappa shape index (κ1) is 57.8. The monoisotopic (exact) mass is 1050 g/mol. The summed E-state index contributed by atoms with van der Waals surface area (Å²) in [6, 6.07) is 42.8. The van der Waals surface area contributed by atoms with Crippen molar-refractivity contribution in [1.29, 1.82) is 0 Å². The Hall–Kier alpha value is -6.87. The van der Waals surface area contributed by atoms with Gasteiger partial charge < -0.3 is 34.7 Å². The summed E-state index contributed by atoms with van der Waals surface area (Å²) in [5.41, 5.74) is 10.4. The molecule has 398 valence electrons. The van der Waals surface area contributed by atoms with Gasteiger partial charge in [-0.05, 0) is 130 Å². The fourth-order valence-electron chi connectivity index (χ4n) is 10.3. The zero-order valence-corrected chi connectivity index (χ0v) is 46.0. The lowest BCUT2D eigenvalue weighted by molar-refractivity contribution is -0.117. The average molecular weight is 1060 g/mol. The van der Waals surface area contributed by atoms with Crippen LogP contribution >= 0.6 is 12.4 Å². The van der Waals surface area contributed by atoms with Crippen LogP contribution in [-0.4, -0.2) is 104 Å². The van der Waals surface area contributed by atoms with Gasteiger partial charge in [0.2, 0.25) is 11.3 Å². The lowest BCUT2D eigenvalue weighted by Gasteiger charge is -2.29. The summed E-state index contributed by atoms with van der Waals surface area (Å²) in [6.45, 7) is 14.6. The van der Waals surface area contributed by atoms with Crippen molar-refractivity contribution in [3.8, 4) is 22.5 Å². The van der Waals surface area contributed by atoms with E-state index in [4.69, 9.17) is 4.42 Å². The SMILES string of the molecule is C=C(C)C(=O)CCCCN(Cc1ccccc1B(O)O)Cc1c2ccccc2c(CN(CCCNC(=O)C(=C)C)Cc2ccccc2B(O)O)c2ccc(-c3c4ccc(=[N+](C)C)cc-4oc4cc(N(C)C)ccc34)cc12.Cl. The summed E-state index contributed by atoms with van der Waals surface area (Å²) in [4.78, 5) is 32.1. The Kier molecular flexibility index (Phi) is 19.5. The number of benzene rings is 7. The minimum absolute atomic E-state index is 0. The first-order valence-corrected chi connectivity index (χ1v) is 26.1. The van der Waals surface area contributed by atoms with Gasteiger partial charge in [-0.3, -0.25) is 19.4 Å². The third-order valence-corrected chi connectivity index (χ3v) is 14.4. The maximum Gasteiger partial charge on any atom is 0.488 e. The van der Waals surface area contributed by atoms with Crippen molar-refractivity contribution >= 4 is 87.5 Å². The molecule has 6 aromatic rings. The maximum atomic E-state index is 12.7. The molecule has 15 heteroatoms. The Morgan fingerprint density at radius 3 is 1.75 bits per heavy atom. The van der Waals surface area contributed by atoms with E-state index in [-0.39, 0.29) is 24.1 Å². The molecule has 5 N–H and O–H groups in total. The number of nitrogens with one attached hydrogen (secondary N) is 1. The number of carbonyl (C=O) groups excluding carboxylic acids is 2. The number of carbonyl (C=O) groups is 2. The molecule has 8 rings (SSSR count). The maximum absolute atomic E-state index is 12.7. The van der Waals surface area contributed by atoms with Crippen LogP contribution in [0.3, 0.4) is 0 Å². The molecule has 0 unspecified atom stereocenters. The molecule has 1 heterocycles. The van der Waals surface area contributed by atoms with Crippen molar-refractivity contribution in [3.63, 3.8) is 0 Å². The van der Waals surface area contributed by atoms with Crippen molar-refractivity contribution in [2.24, 2.45) is 0 Å². The molecule has 2 aliphatic rings. The number of Topliss-reactive ketones (excluding diaryl/α,β-unsaturated/α-hetero) is 1. The highest BCUT2D eigenvalue weighted by atomic mass is 35.5. The molecule has 1 amide bonds. The van der Waals surface area contributed by atoms with Crippen LogP contribution in [0, 0.1) is 0 Å². The van der Waals surface area contributed by atoms with Crippen LogP contribution in [0.25, 0.3) is 55.0 Å². The van der Waals surface area contributed by atoms with Crippen LogP contribution < -0.4 is 31.1 Å². The van der Waals surface area contributed by atoms with Gasteiger partial charge in [0.15, 0.2) is 5.78 Å². The fraction of sp³-hybridized carbons (Fsp3) is 0.274. The number of nitrogens with zero attached hydrogens (tertiary/aromatic N) is 4. The molecule has 1 aliphatic heterocycles. The van der Waals surface area contributed by atoms with E-state index >= 15 is 0 Å². The molecule has 0 bridgehead atoms. The van der Waals surface area contributed by atoms with E-state index < -0.39 is 14.2 Å². The summed E-state index contributed by atoms with van der Waals surface area (Å²) in [7, 11) is 4.77. The predicted octanol–water partition coefficient (Wildman–Crippen LogP) is 7.79. The molecule has 0 fully saturated rings. The molecule has 0 saturated carbocycles. The van der Waals surface area contributed by atoms with E-state index in [0.29, 0.717) is 87.1 Å². The summed E-state index contributed by atoms with van der Waals surface area (Å²) >= 11 is 0. The predicted molar refractivity (Wildman–Crippen MR) is 319 cm³/mol. The molecule has 0 spiro atoms. The minimum Gasteiger partial charge on any atom is -0.456 e. The number of rotatable bonds is 23. The summed E-state index contributed by atoms with van der Waals surface area (Å²) < 4.78 is 8.85. The number of amides is 1. The molecular weight excluding hydrogens is 984 g/mol. The van der Waals surface area contributed by atoms with E-state index in [1.165, 1.54) is 0 Å². The smallest absolute Gasteiger partial charge is 0.456 e. The topological polar surface area (TPSA) is 153 Å². The number of hydrogen-bond acceptors (Lipinski definition) is 10. The van der Waals surface area contributed by atoms with Crippen molar-refractivity contribution in [1.82, 2.24) is 19.7 Å². The highest BCUT2D eigenvalue weighted by molar-refractivity contribution is 6.59. The van der Waals surface area contributed by atoms with Crippen molar-refractivity contribution < 1.29 is 34.1 Å². The molecule has 0 radical (unpaired) electrons. The average Bonchev–Trinajstić information content (AvgIpc) is 3.53. The zero-order valence-electron chi connectivity index (χ0n) is 45.2. The van der Waals surface area contributed by atoms with E-state index in [1.54, 1.807) is 32.0 Å². The summed E-state index contributed by atoms with van der Waals surface area (Å²) in [5, 5.41) is 51.4. The van der Waals surface area contributed by atoms with E-state index in [0.717, 1.165) is 94.7 Å². The standard InChI is InChI=1S/C62H69B2N5O7.ClH/c1-41(2)58(70)24-15-16-32-68(37-44-18-9-13-22-56(44)63(72)73)40-55-49-21-12-11-20-48(49)54(39-69(33-17-31-65-62(71)42(3)4)38-45-19-10-14-23-57(45)64(74)75)50-28-25-43(34-53(50)55)61-51-29-26-46(66(5)6)35-59(51)76-60-36-47(67(7)8)27-30-52(60)61;/h9-14,18-23,25-30,34-36,72-75H,1,3,15-17,24,31-33,37-40H2,2,4-8H3;1H/p+1. The number of anilines is 1. The highest BCUT2D eigenvalue weighted by Crippen LogP contribution is 2.44. The van der Waals surface area contributed by atoms with Gasteiger partial charge in [0.25, 0.3) is 0 Å². The Morgan fingerprint density at radius 1 is 0.623 bits per heavy atom. The van der Waals surface area contributed by atoms with Gasteiger partial charge in [-0.2, -0.15) is 0 Å². The van der Waals surface area contributed by atoms with Crippen LogP contribution in [0.2, 0.25) is 0 Å². The normalized spacial score (nSPS) is 11.4. The lowest BCUT2D eigenvalue weighted by atomic mass is 9.77. The molecule has 12 nitrogen and oxygen atoms in total. The van der Waals surface area contributed by atoms with Crippen LogP contribution in [0.4, 0.5) is 5.69 Å². The quantitative estimate of drug-likeness (QED) is 0.0141. The highest BCUT2D eigenvalue weighted by Gasteiger charge is 2.25. The van der Waals surface area contributed by atoms with Crippen LogP contribution in [0.5, 0.6) is 0 Å². The number of fused-ring (bicyclic) bond motifs is 4. The van der Waals surface area contributed by atoms with Crippen LogP contribution in [0.15, 0.2) is 156 Å². The zero-order chi connectivity index (χ0) is 54.2. The number of halogens is 1. The second-order valence-corrected chi connectivity index (χ2v) is 20.5. The molecule has 77 heavy (non-hydrogen) atoms. The van der Waals surface area contributed by atoms with Crippen LogP contribution in [-0.2, 0) is 35.8 Å². The minimum atomic E-state index is -1.66. The van der Waals surface area contributed by atoms with Crippen molar-refractivity contribution in [3.05, 3.63) is 179 Å². The molecular formula is C62H71B2ClN5O7+. The Labute approximate surface area is 459 Å². The van der Waals surface area contributed by atoms with Gasteiger partial charge in [0, 0.05) is 99.7 Å². The van der Waals surface area contributed by atoms with Crippen molar-refractivity contribution in [2.45, 2.75) is 65.7 Å². The molecule has 6 aromatic carbocycles. The van der Waals surface area contributed by atoms with Crippen LogP contribution in [0.1, 0.15) is 61.8 Å². The first-order chi connectivity index (χ1) is 36.5. The molecule has 0 aromatic heterocycles. The third kappa shape index (κ3) is 13.6. The van der Waals surface area contributed by atoms with E-state index in [9.17, 15) is 29.7 Å². The van der Waals surface area contributed by atoms with Gasteiger partial charge in [0.1, 0.15) is 25.4 Å². The number of allylic oxidation sites excluding steroid dienone is 1. The second-order valence-electron chi connectivity index (χ2n) is 20.5. The largest absolute Gasteiger partial charge is 0.488 e. The van der Waals surface area contributed by atoms with E-state index in [2.05, 4.69) is 117 Å². The Bertz CT molecular complexity index is 3500. The summed E-state index contributed by atoms with van der Waals surface area (Å²) in [6.07, 6.45) is 2.42.